The van der Waals surface area contributed by atoms with E-state index in [1.54, 1.807) is 0 Å². The van der Waals surface area contributed by atoms with E-state index in [0.717, 1.165) is 0 Å². The summed E-state index contributed by atoms with van der Waals surface area (Å²) in [6.45, 7) is 2.00. The first kappa shape index (κ1) is 18.0. The van der Waals surface area contributed by atoms with Gasteiger partial charge in [0.1, 0.15) is 22.9 Å². The van der Waals surface area contributed by atoms with E-state index in [-0.39, 0.29) is 5.67 Å². The van der Waals surface area contributed by atoms with E-state index in [0.29, 0.717) is 23.7 Å². The van der Waals surface area contributed by atoms with E-state index in [1.165, 1.54) is 0 Å². The molecule has 1 atom stereocenters. The van der Waals surface area contributed by atoms with Crippen LogP contribution in [0.4, 0.5) is 0 Å². The Bertz CT molecular complexity index is 683. The summed E-state index contributed by atoms with van der Waals surface area (Å²) in [4.78, 5) is 0. The average molecular weight is 366 g/mol. The van der Waals surface area contributed by atoms with Crippen molar-refractivity contribution in [2.45, 2.75) is 19.0 Å². The molecular weight excluding hydrogens is 342 g/mol. The lowest BCUT2D eigenvalue weighted by Gasteiger charge is -2.33. The predicted molar refractivity (Wildman–Crippen MR) is 105 cm³/mol. The molecule has 0 amide bonds. The molecule has 0 bridgehead atoms. The molecule has 4 nitrogen and oxygen atoms in total. The minimum atomic E-state index is -3.34. The molecule has 0 aliphatic carbocycles. The van der Waals surface area contributed by atoms with Crippen molar-refractivity contribution in [1.82, 2.24) is 0 Å². The highest BCUT2D eigenvalue weighted by Crippen LogP contribution is 2.26. The van der Waals surface area contributed by atoms with Gasteiger partial charge in [0.05, 0.1) is 0 Å². The van der Waals surface area contributed by atoms with Crippen LogP contribution in [0.1, 0.15) is 13.3 Å². The zero-order chi connectivity index (χ0) is 18.2. The van der Waals surface area contributed by atoms with E-state index >= 15 is 0 Å². The summed E-state index contributed by atoms with van der Waals surface area (Å²) in [6.07, 6.45) is 0.665. The Kier molecular flexibility index (Phi) is 5.94. The molecule has 1 unspecified atom stereocenters. The van der Waals surface area contributed by atoms with Gasteiger partial charge in [0.15, 0.2) is 0 Å². The van der Waals surface area contributed by atoms with Crippen LogP contribution in [0.15, 0.2) is 91.0 Å². The summed E-state index contributed by atoms with van der Waals surface area (Å²) < 4.78 is 19.0. The van der Waals surface area contributed by atoms with E-state index in [2.05, 4.69) is 0 Å². The van der Waals surface area contributed by atoms with Crippen molar-refractivity contribution in [3.8, 4) is 17.2 Å². The van der Waals surface area contributed by atoms with Crippen LogP contribution < -0.4 is 19.0 Å². The Labute approximate surface area is 155 Å². The Balaban J connectivity index is 2.00. The van der Waals surface area contributed by atoms with Gasteiger partial charge in [-0.1, -0.05) is 61.5 Å². The highest BCUT2D eigenvalue weighted by atomic mass is 28.4. The second-order valence-electron chi connectivity index (χ2n) is 5.86. The molecule has 0 aliphatic rings. The largest absolute Gasteiger partial charge is 0.717 e. The van der Waals surface area contributed by atoms with E-state index in [9.17, 15) is 0 Å². The fraction of sp³-hybridized carbons (Fsp3) is 0.143. The molecule has 26 heavy (non-hydrogen) atoms. The SMILES string of the molecule is CCC(N)[Si](Oc1ccccc1)(Oc1ccccc1)Oc1ccccc1. The lowest BCUT2D eigenvalue weighted by molar-refractivity contribution is 0.243. The summed E-state index contributed by atoms with van der Waals surface area (Å²) in [5.41, 5.74) is 6.10. The van der Waals surface area contributed by atoms with Gasteiger partial charge in [0.25, 0.3) is 0 Å². The molecule has 3 aromatic rings. The van der Waals surface area contributed by atoms with Crippen LogP contribution in [0.3, 0.4) is 0 Å². The third-order valence-electron chi connectivity index (χ3n) is 3.90. The third-order valence-corrected chi connectivity index (χ3v) is 6.78. The van der Waals surface area contributed by atoms with Crippen molar-refractivity contribution in [2.24, 2.45) is 5.73 Å². The highest BCUT2D eigenvalue weighted by molar-refractivity contribution is 6.64. The number of para-hydroxylation sites is 3. The second-order valence-corrected chi connectivity index (χ2v) is 8.42. The van der Waals surface area contributed by atoms with Crippen LogP contribution in [0, 0.1) is 0 Å². The van der Waals surface area contributed by atoms with E-state index in [4.69, 9.17) is 19.0 Å². The van der Waals surface area contributed by atoms with Crippen LogP contribution in [-0.2, 0) is 0 Å². The summed E-state index contributed by atoms with van der Waals surface area (Å²) in [7, 11) is -3.34. The van der Waals surface area contributed by atoms with Gasteiger partial charge in [0, 0.05) is 0 Å². The molecule has 3 aromatic carbocycles. The molecule has 2 N–H and O–H groups in total. The minimum Gasteiger partial charge on any atom is -0.483 e. The maximum absolute atomic E-state index is 6.48. The number of benzene rings is 3. The van der Waals surface area contributed by atoms with Gasteiger partial charge in [-0.15, -0.1) is 0 Å². The lowest BCUT2D eigenvalue weighted by Crippen LogP contribution is -2.67. The molecule has 0 aliphatic heterocycles. The van der Waals surface area contributed by atoms with Gasteiger partial charge < -0.3 is 19.0 Å². The van der Waals surface area contributed by atoms with Gasteiger partial charge in [-0.3, -0.25) is 0 Å². The van der Waals surface area contributed by atoms with Gasteiger partial charge in [0.2, 0.25) is 0 Å². The maximum atomic E-state index is 6.48. The smallest absolute Gasteiger partial charge is 0.483 e. The van der Waals surface area contributed by atoms with Crippen LogP contribution in [0.5, 0.6) is 17.2 Å². The third kappa shape index (κ3) is 4.44. The van der Waals surface area contributed by atoms with Crippen LogP contribution >= 0.6 is 0 Å². The number of hydrogen-bond donors (Lipinski definition) is 1. The maximum Gasteiger partial charge on any atom is 0.717 e. The van der Waals surface area contributed by atoms with Crippen molar-refractivity contribution in [3.63, 3.8) is 0 Å². The molecule has 0 aromatic heterocycles. The molecule has 3 rings (SSSR count). The minimum absolute atomic E-state index is 0.386. The van der Waals surface area contributed by atoms with Crippen molar-refractivity contribution in [3.05, 3.63) is 91.0 Å². The standard InChI is InChI=1S/C21H23NO3Si/c1-2-21(22)26(23-18-12-6-3-7-13-18,24-19-14-8-4-9-15-19)25-20-16-10-5-11-17-20/h3-17,21H,2,22H2,1H3. The van der Waals surface area contributed by atoms with Gasteiger partial charge in [-0.05, 0) is 42.8 Å². The van der Waals surface area contributed by atoms with Crippen molar-refractivity contribution >= 4 is 8.80 Å². The first-order valence-corrected chi connectivity index (χ1v) is 10.5. The second kappa shape index (κ2) is 8.56. The first-order valence-electron chi connectivity index (χ1n) is 8.69. The summed E-state index contributed by atoms with van der Waals surface area (Å²) in [5, 5.41) is 0. The quantitative estimate of drug-likeness (QED) is 0.600. The molecule has 0 saturated carbocycles. The predicted octanol–water partition coefficient (Wildman–Crippen LogP) is 4.44. The monoisotopic (exact) mass is 365 g/mol. The van der Waals surface area contributed by atoms with E-state index in [1.807, 2.05) is 97.9 Å². The van der Waals surface area contributed by atoms with Crippen LogP contribution in [0.2, 0.25) is 0 Å². The van der Waals surface area contributed by atoms with Crippen molar-refractivity contribution in [2.75, 3.05) is 0 Å². The molecule has 5 heteroatoms. The normalized spacial score (nSPS) is 12.2. The van der Waals surface area contributed by atoms with Gasteiger partial charge in [-0.2, -0.15) is 0 Å². The Hall–Kier alpha value is -2.76. The topological polar surface area (TPSA) is 53.7 Å². The summed E-state index contributed by atoms with van der Waals surface area (Å²) in [6, 6.07) is 28.6. The van der Waals surface area contributed by atoms with Gasteiger partial charge in [-0.25, -0.2) is 0 Å². The fourth-order valence-corrected chi connectivity index (χ4v) is 4.97. The first-order chi connectivity index (χ1) is 12.7. The highest BCUT2D eigenvalue weighted by Gasteiger charge is 2.55. The number of hydrogen-bond acceptors (Lipinski definition) is 4. The Morgan fingerprint density at radius 1 is 0.654 bits per heavy atom. The fourth-order valence-electron chi connectivity index (χ4n) is 2.50. The van der Waals surface area contributed by atoms with Crippen LogP contribution in [-0.4, -0.2) is 14.5 Å². The van der Waals surface area contributed by atoms with Crippen LogP contribution in [0.25, 0.3) is 0 Å². The van der Waals surface area contributed by atoms with E-state index < -0.39 is 8.80 Å². The zero-order valence-electron chi connectivity index (χ0n) is 14.7. The molecule has 0 saturated heterocycles. The lowest BCUT2D eigenvalue weighted by atomic mass is 10.3. The Morgan fingerprint density at radius 3 is 1.23 bits per heavy atom. The molecule has 134 valence electrons. The van der Waals surface area contributed by atoms with Crippen molar-refractivity contribution in [1.29, 1.82) is 0 Å². The average Bonchev–Trinajstić information content (AvgIpc) is 2.69. The number of nitrogens with two attached hydrogens (primary N) is 1. The summed E-state index contributed by atoms with van der Waals surface area (Å²) >= 11 is 0. The number of rotatable bonds is 8. The molecule has 0 heterocycles. The summed E-state index contributed by atoms with van der Waals surface area (Å²) in [5.74, 6) is 2.03. The molecular formula is C21H23NO3Si. The Morgan fingerprint density at radius 2 is 0.962 bits per heavy atom. The molecule has 0 radical (unpaired) electrons. The van der Waals surface area contributed by atoms with Gasteiger partial charge >= 0.3 is 8.80 Å². The van der Waals surface area contributed by atoms with Crippen molar-refractivity contribution < 1.29 is 13.3 Å². The molecule has 0 fully saturated rings. The zero-order valence-corrected chi connectivity index (χ0v) is 15.7. The molecule has 0 spiro atoms.